The molecule has 22 heavy (non-hydrogen) atoms. The van der Waals surface area contributed by atoms with Gasteiger partial charge in [-0.3, -0.25) is 0 Å². The van der Waals surface area contributed by atoms with E-state index in [1.54, 1.807) is 0 Å². The van der Waals surface area contributed by atoms with Crippen LogP contribution < -0.4 is 5.32 Å². The molecule has 5 nitrogen and oxygen atoms in total. The normalized spacial score (nSPS) is 22.3. The number of rotatable bonds is 6. The topological polar surface area (TPSA) is 50.8 Å². The minimum Gasteiger partial charge on any atom is -0.444 e. The van der Waals surface area contributed by atoms with Crippen LogP contribution in [0.4, 0.5) is 4.79 Å². The van der Waals surface area contributed by atoms with E-state index >= 15 is 0 Å². The first-order chi connectivity index (χ1) is 10.2. The predicted molar refractivity (Wildman–Crippen MR) is 92.6 cm³/mol. The zero-order valence-corrected chi connectivity index (χ0v) is 15.7. The van der Waals surface area contributed by atoms with Gasteiger partial charge in [0, 0.05) is 24.4 Å². The third-order valence-corrected chi connectivity index (χ3v) is 4.61. The highest BCUT2D eigenvalue weighted by molar-refractivity contribution is 7.99. The third kappa shape index (κ3) is 7.20. The summed E-state index contributed by atoms with van der Waals surface area (Å²) in [6.07, 6.45) is 2.77. The second-order valence-electron chi connectivity index (χ2n) is 6.99. The molecule has 0 saturated carbocycles. The molecule has 3 atom stereocenters. The van der Waals surface area contributed by atoms with Crippen LogP contribution in [0.1, 0.15) is 41.0 Å². The molecule has 1 aliphatic rings. The maximum atomic E-state index is 12.3. The minimum atomic E-state index is -0.461. The second kappa shape index (κ2) is 8.99. The van der Waals surface area contributed by atoms with Gasteiger partial charge in [-0.2, -0.15) is 11.8 Å². The van der Waals surface area contributed by atoms with E-state index in [0.29, 0.717) is 31.1 Å². The fourth-order valence-electron chi connectivity index (χ4n) is 2.35. The van der Waals surface area contributed by atoms with Gasteiger partial charge in [-0.05, 0) is 40.4 Å². The minimum absolute atomic E-state index is 0.0793. The van der Waals surface area contributed by atoms with E-state index in [1.807, 2.05) is 37.4 Å². The highest BCUT2D eigenvalue weighted by atomic mass is 32.2. The van der Waals surface area contributed by atoms with E-state index in [9.17, 15) is 4.79 Å². The Bertz CT molecular complexity index is 347. The molecule has 130 valence electrons. The van der Waals surface area contributed by atoms with Gasteiger partial charge >= 0.3 is 6.09 Å². The van der Waals surface area contributed by atoms with Gasteiger partial charge in [0.2, 0.25) is 0 Å². The number of carbonyl (C=O) groups is 1. The molecule has 0 aromatic rings. The molecule has 0 radical (unpaired) electrons. The summed E-state index contributed by atoms with van der Waals surface area (Å²) in [4.78, 5) is 14.2. The Morgan fingerprint density at radius 3 is 2.73 bits per heavy atom. The van der Waals surface area contributed by atoms with Crippen molar-refractivity contribution in [1.29, 1.82) is 0 Å². The molecule has 0 aliphatic carbocycles. The number of nitrogens with one attached hydrogen (secondary N) is 1. The van der Waals surface area contributed by atoms with Crippen LogP contribution in [0.2, 0.25) is 0 Å². The molecule has 1 heterocycles. The predicted octanol–water partition coefficient (Wildman–Crippen LogP) is 2.74. The van der Waals surface area contributed by atoms with Gasteiger partial charge in [-0.15, -0.1) is 0 Å². The van der Waals surface area contributed by atoms with E-state index in [0.717, 1.165) is 13.0 Å². The average Bonchev–Trinajstić information content (AvgIpc) is 2.43. The maximum Gasteiger partial charge on any atom is 0.410 e. The summed E-state index contributed by atoms with van der Waals surface area (Å²) in [5.41, 5.74) is -0.461. The Labute approximate surface area is 139 Å². The number of thioether (sulfide) groups is 1. The summed E-state index contributed by atoms with van der Waals surface area (Å²) in [7, 11) is 0. The van der Waals surface area contributed by atoms with Crippen LogP contribution in [-0.2, 0) is 9.47 Å². The Kier molecular flexibility index (Phi) is 8.00. The van der Waals surface area contributed by atoms with E-state index in [4.69, 9.17) is 9.47 Å². The van der Waals surface area contributed by atoms with E-state index in [-0.39, 0.29) is 12.1 Å². The number of carbonyl (C=O) groups excluding carboxylic acids is 1. The number of ether oxygens (including phenoxy) is 2. The lowest BCUT2D eigenvalue weighted by atomic mass is 10.1. The largest absolute Gasteiger partial charge is 0.444 e. The molecule has 0 spiro atoms. The van der Waals surface area contributed by atoms with Gasteiger partial charge in [0.15, 0.2) is 0 Å². The van der Waals surface area contributed by atoms with Crippen molar-refractivity contribution in [2.24, 2.45) is 0 Å². The van der Waals surface area contributed by atoms with Crippen LogP contribution >= 0.6 is 11.8 Å². The number of hydrogen-bond acceptors (Lipinski definition) is 5. The summed E-state index contributed by atoms with van der Waals surface area (Å²) in [5, 5.41) is 4.12. The molecule has 1 N–H and O–H groups in total. The summed E-state index contributed by atoms with van der Waals surface area (Å²) in [5.74, 6) is 0. The van der Waals surface area contributed by atoms with Crippen LogP contribution in [0.3, 0.4) is 0 Å². The molecule has 3 unspecified atom stereocenters. The average molecular weight is 333 g/mol. The maximum absolute atomic E-state index is 12.3. The lowest BCUT2D eigenvalue weighted by Crippen LogP contribution is -2.52. The highest BCUT2D eigenvalue weighted by Gasteiger charge is 2.31. The van der Waals surface area contributed by atoms with Crippen molar-refractivity contribution in [2.75, 3.05) is 32.6 Å². The third-order valence-electron chi connectivity index (χ3n) is 3.64. The fraction of sp³-hybridized carbons (Fsp3) is 0.938. The van der Waals surface area contributed by atoms with Gasteiger partial charge in [0.05, 0.1) is 19.3 Å². The molecule has 1 amide bonds. The number of nitrogens with zero attached hydrogens (tertiary/aromatic N) is 1. The second-order valence-corrected chi connectivity index (χ2v) is 8.27. The summed E-state index contributed by atoms with van der Waals surface area (Å²) in [6.45, 7) is 12.8. The summed E-state index contributed by atoms with van der Waals surface area (Å²) < 4.78 is 11.1. The molecule has 6 heteroatoms. The molecule has 0 aromatic heterocycles. The Morgan fingerprint density at radius 2 is 2.14 bits per heavy atom. The molecular weight excluding hydrogens is 300 g/mol. The van der Waals surface area contributed by atoms with E-state index < -0.39 is 5.60 Å². The van der Waals surface area contributed by atoms with Crippen LogP contribution in [0, 0.1) is 0 Å². The number of morpholine rings is 1. The first-order valence-electron chi connectivity index (χ1n) is 8.06. The van der Waals surface area contributed by atoms with Gasteiger partial charge in [0.1, 0.15) is 5.60 Å². The molecule has 1 aliphatic heterocycles. The molecule has 0 aromatic carbocycles. The van der Waals surface area contributed by atoms with E-state index in [1.165, 1.54) is 0 Å². The van der Waals surface area contributed by atoms with Gasteiger partial charge in [-0.1, -0.05) is 6.92 Å². The monoisotopic (exact) mass is 332 g/mol. The first-order valence-corrected chi connectivity index (χ1v) is 9.35. The molecule has 1 saturated heterocycles. The zero-order valence-electron chi connectivity index (χ0n) is 14.8. The standard InChI is InChI=1S/C16H32N2O3S/c1-12(17-10-13(2)22-6)9-14-11-20-8-7-18(14)15(19)21-16(3,4)5/h12-14,17H,7-11H2,1-6H3. The lowest BCUT2D eigenvalue weighted by Gasteiger charge is -2.37. The Balaban J connectivity index is 2.52. The van der Waals surface area contributed by atoms with Crippen LogP contribution in [0.25, 0.3) is 0 Å². The molecule has 1 fully saturated rings. The number of amides is 1. The fourth-order valence-corrected chi connectivity index (χ4v) is 2.62. The van der Waals surface area contributed by atoms with E-state index in [2.05, 4.69) is 25.4 Å². The van der Waals surface area contributed by atoms with Crippen molar-refractivity contribution in [2.45, 2.75) is 64.0 Å². The van der Waals surface area contributed by atoms with Gasteiger partial charge in [0.25, 0.3) is 0 Å². The van der Waals surface area contributed by atoms with Crippen molar-refractivity contribution in [1.82, 2.24) is 10.2 Å². The summed E-state index contributed by atoms with van der Waals surface area (Å²) >= 11 is 1.85. The van der Waals surface area contributed by atoms with Crippen LogP contribution in [-0.4, -0.2) is 66.5 Å². The Hall–Kier alpha value is -0.460. The Morgan fingerprint density at radius 1 is 1.45 bits per heavy atom. The van der Waals surface area contributed by atoms with Crippen LogP contribution in [0.5, 0.6) is 0 Å². The van der Waals surface area contributed by atoms with Crippen molar-refractivity contribution in [3.05, 3.63) is 0 Å². The molecular formula is C16H32N2O3S. The smallest absolute Gasteiger partial charge is 0.410 e. The lowest BCUT2D eigenvalue weighted by molar-refractivity contribution is -0.0355. The highest BCUT2D eigenvalue weighted by Crippen LogP contribution is 2.17. The van der Waals surface area contributed by atoms with Crippen molar-refractivity contribution < 1.29 is 14.3 Å². The zero-order chi connectivity index (χ0) is 16.8. The SMILES string of the molecule is CSC(C)CNC(C)CC1COCCN1C(=O)OC(C)(C)C. The molecule has 0 bridgehead atoms. The quantitative estimate of drug-likeness (QED) is 0.810. The van der Waals surface area contributed by atoms with Crippen molar-refractivity contribution in [3.63, 3.8) is 0 Å². The van der Waals surface area contributed by atoms with Crippen LogP contribution in [0.15, 0.2) is 0 Å². The number of hydrogen-bond donors (Lipinski definition) is 1. The summed E-state index contributed by atoms with van der Waals surface area (Å²) in [6, 6.07) is 0.418. The van der Waals surface area contributed by atoms with Gasteiger partial charge < -0.3 is 19.7 Å². The molecule has 1 rings (SSSR count). The van der Waals surface area contributed by atoms with Crippen molar-refractivity contribution in [3.8, 4) is 0 Å². The first kappa shape index (κ1) is 19.6. The van der Waals surface area contributed by atoms with Crippen molar-refractivity contribution >= 4 is 17.9 Å². The van der Waals surface area contributed by atoms with Gasteiger partial charge in [-0.25, -0.2) is 4.79 Å².